The minimum Gasteiger partial charge on any atom is -0.481 e. The molecule has 38 heavy (non-hydrogen) atoms. The smallest absolute Gasteiger partial charge is 0.217 e. The summed E-state index contributed by atoms with van der Waals surface area (Å²) < 4.78 is 6.84. The molecule has 6 heteroatoms. The first-order valence-electron chi connectivity index (χ1n) is 12.5. The van der Waals surface area contributed by atoms with Crippen molar-refractivity contribution in [3.8, 4) is 5.88 Å². The van der Waals surface area contributed by atoms with E-state index >= 15 is 0 Å². The first kappa shape index (κ1) is 26.6. The van der Waals surface area contributed by atoms with E-state index in [-0.39, 0.29) is 0 Å². The zero-order valence-corrected chi connectivity index (χ0v) is 24.0. The van der Waals surface area contributed by atoms with E-state index < -0.39 is 11.5 Å². The van der Waals surface area contributed by atoms with E-state index in [1.165, 1.54) is 0 Å². The number of pyridine rings is 1. The fourth-order valence-electron chi connectivity index (χ4n) is 5.32. The van der Waals surface area contributed by atoms with Crippen molar-refractivity contribution in [1.82, 2.24) is 9.88 Å². The van der Waals surface area contributed by atoms with Crippen LogP contribution in [0.4, 0.5) is 0 Å². The molecule has 0 spiro atoms. The molecule has 0 fully saturated rings. The van der Waals surface area contributed by atoms with Crippen molar-refractivity contribution in [1.29, 1.82) is 0 Å². The Morgan fingerprint density at radius 2 is 1.68 bits per heavy atom. The number of fused-ring (bicyclic) bond motifs is 2. The third-order valence-electron chi connectivity index (χ3n) is 7.15. The molecule has 0 saturated heterocycles. The van der Waals surface area contributed by atoms with Crippen LogP contribution in [0.2, 0.25) is 5.02 Å². The standard InChI is InChI=1S/C32H30BrClN2O2/c1-36(2)18-17-32(37,28-10-6-8-21-7-4-5-9-26(21)28)30(22-11-14-25(34)15-12-22)27-20-23-19-24(33)13-16-29(23)35-31(27)38-3/h4-16,19-20,30,37H,17-18H2,1-3H3. The van der Waals surface area contributed by atoms with Gasteiger partial charge in [-0.3, -0.25) is 0 Å². The van der Waals surface area contributed by atoms with Gasteiger partial charge in [-0.05, 0) is 78.8 Å². The van der Waals surface area contributed by atoms with Gasteiger partial charge in [0, 0.05) is 32.9 Å². The number of rotatable bonds is 8. The van der Waals surface area contributed by atoms with Crippen LogP contribution in [0.1, 0.15) is 29.0 Å². The second-order valence-corrected chi connectivity index (χ2v) is 11.3. The van der Waals surface area contributed by atoms with Crippen LogP contribution in [-0.4, -0.2) is 42.7 Å². The van der Waals surface area contributed by atoms with Crippen LogP contribution in [0.15, 0.2) is 95.5 Å². The van der Waals surface area contributed by atoms with Crippen molar-refractivity contribution < 1.29 is 9.84 Å². The molecule has 0 amide bonds. The van der Waals surface area contributed by atoms with Gasteiger partial charge in [0.15, 0.2) is 0 Å². The molecule has 2 unspecified atom stereocenters. The Kier molecular flexibility index (Phi) is 7.73. The van der Waals surface area contributed by atoms with Crippen molar-refractivity contribution >= 4 is 49.2 Å². The molecule has 0 radical (unpaired) electrons. The Morgan fingerprint density at radius 1 is 0.947 bits per heavy atom. The van der Waals surface area contributed by atoms with Gasteiger partial charge in [0.25, 0.3) is 0 Å². The zero-order valence-electron chi connectivity index (χ0n) is 21.7. The van der Waals surface area contributed by atoms with Crippen LogP contribution >= 0.6 is 27.5 Å². The Morgan fingerprint density at radius 3 is 2.42 bits per heavy atom. The number of halogens is 2. The number of benzene rings is 4. The third-order valence-corrected chi connectivity index (χ3v) is 7.90. The number of aromatic nitrogens is 1. The molecule has 1 heterocycles. The average molecular weight is 590 g/mol. The first-order valence-corrected chi connectivity index (χ1v) is 13.7. The average Bonchev–Trinajstić information content (AvgIpc) is 2.92. The largest absolute Gasteiger partial charge is 0.481 e. The summed E-state index contributed by atoms with van der Waals surface area (Å²) in [6.07, 6.45) is 0.487. The highest BCUT2D eigenvalue weighted by Gasteiger charge is 2.43. The fraction of sp³-hybridized carbons (Fsp3) is 0.219. The van der Waals surface area contributed by atoms with E-state index in [2.05, 4.69) is 45.1 Å². The predicted molar refractivity (Wildman–Crippen MR) is 160 cm³/mol. The highest BCUT2D eigenvalue weighted by Crippen LogP contribution is 2.49. The second-order valence-electron chi connectivity index (χ2n) is 9.91. The van der Waals surface area contributed by atoms with Crippen molar-refractivity contribution in [2.24, 2.45) is 0 Å². The zero-order chi connectivity index (χ0) is 26.9. The Labute approximate surface area is 237 Å². The van der Waals surface area contributed by atoms with Gasteiger partial charge in [0.05, 0.1) is 12.6 Å². The van der Waals surface area contributed by atoms with E-state index in [4.69, 9.17) is 21.3 Å². The molecule has 5 rings (SSSR count). The summed E-state index contributed by atoms with van der Waals surface area (Å²) >= 11 is 9.92. The molecule has 2 atom stereocenters. The van der Waals surface area contributed by atoms with E-state index in [0.717, 1.165) is 42.8 Å². The summed E-state index contributed by atoms with van der Waals surface area (Å²) in [4.78, 5) is 6.97. The highest BCUT2D eigenvalue weighted by atomic mass is 79.9. The van der Waals surface area contributed by atoms with Crippen LogP contribution in [0.5, 0.6) is 5.88 Å². The summed E-state index contributed by atoms with van der Waals surface area (Å²) in [7, 11) is 5.68. The molecule has 194 valence electrons. The molecular weight excluding hydrogens is 560 g/mol. The predicted octanol–water partition coefficient (Wildman–Crippen LogP) is 7.78. The molecule has 0 aliphatic carbocycles. The van der Waals surface area contributed by atoms with Crippen molar-refractivity contribution in [2.45, 2.75) is 17.9 Å². The van der Waals surface area contributed by atoms with Crippen LogP contribution in [0.3, 0.4) is 0 Å². The highest BCUT2D eigenvalue weighted by molar-refractivity contribution is 9.10. The van der Waals surface area contributed by atoms with Gasteiger partial charge in [-0.15, -0.1) is 0 Å². The summed E-state index contributed by atoms with van der Waals surface area (Å²) in [6.45, 7) is 0.679. The first-order chi connectivity index (χ1) is 18.3. The van der Waals surface area contributed by atoms with E-state index in [0.29, 0.717) is 23.9 Å². The van der Waals surface area contributed by atoms with E-state index in [9.17, 15) is 5.11 Å². The number of nitrogens with zero attached hydrogens (tertiary/aromatic N) is 2. The number of aliphatic hydroxyl groups is 1. The van der Waals surface area contributed by atoms with Crippen LogP contribution in [0, 0.1) is 0 Å². The lowest BCUT2D eigenvalue weighted by molar-refractivity contribution is 0.00520. The molecule has 4 aromatic carbocycles. The van der Waals surface area contributed by atoms with E-state index in [1.807, 2.05) is 80.8 Å². The van der Waals surface area contributed by atoms with Gasteiger partial charge < -0.3 is 14.7 Å². The molecule has 1 aromatic heterocycles. The normalized spacial score (nSPS) is 14.1. The molecule has 0 aliphatic heterocycles. The second kappa shape index (κ2) is 11.0. The minimum absolute atomic E-state index is 0.487. The number of methoxy groups -OCH3 is 1. The van der Waals surface area contributed by atoms with Crippen molar-refractivity contribution in [3.63, 3.8) is 0 Å². The number of hydrogen-bond acceptors (Lipinski definition) is 4. The van der Waals surface area contributed by atoms with Gasteiger partial charge in [-0.25, -0.2) is 4.98 Å². The fourth-order valence-corrected chi connectivity index (χ4v) is 5.82. The number of ether oxygens (including phenoxy) is 1. The maximum absolute atomic E-state index is 13.1. The Hall–Kier alpha value is -2.96. The minimum atomic E-state index is -1.30. The lowest BCUT2D eigenvalue weighted by atomic mass is 9.70. The van der Waals surface area contributed by atoms with Crippen molar-refractivity contribution in [2.75, 3.05) is 27.7 Å². The van der Waals surface area contributed by atoms with Gasteiger partial charge in [-0.2, -0.15) is 0 Å². The van der Waals surface area contributed by atoms with Crippen LogP contribution in [-0.2, 0) is 5.60 Å². The maximum atomic E-state index is 13.1. The molecule has 1 N–H and O–H groups in total. The monoisotopic (exact) mass is 588 g/mol. The van der Waals surface area contributed by atoms with Gasteiger partial charge >= 0.3 is 0 Å². The molecule has 5 aromatic rings. The summed E-state index contributed by atoms with van der Waals surface area (Å²) in [5.74, 6) is -0.000332. The maximum Gasteiger partial charge on any atom is 0.217 e. The molecular formula is C32H30BrClN2O2. The molecule has 4 nitrogen and oxygen atoms in total. The summed E-state index contributed by atoms with van der Waals surface area (Å²) in [5.41, 5.74) is 2.14. The molecule has 0 bridgehead atoms. The quantitative estimate of drug-likeness (QED) is 0.201. The summed E-state index contributed by atoms with van der Waals surface area (Å²) in [6, 6.07) is 30.1. The topological polar surface area (TPSA) is 45.6 Å². The van der Waals surface area contributed by atoms with Crippen LogP contribution in [0.25, 0.3) is 21.7 Å². The van der Waals surface area contributed by atoms with Gasteiger partial charge in [0.2, 0.25) is 5.88 Å². The van der Waals surface area contributed by atoms with Gasteiger partial charge in [0.1, 0.15) is 5.60 Å². The van der Waals surface area contributed by atoms with Crippen molar-refractivity contribution in [3.05, 3.63) is 117 Å². The SMILES string of the molecule is COc1nc2ccc(Br)cc2cc1C(c1ccc(Cl)cc1)C(O)(CCN(C)C)c1cccc2ccccc12. The third kappa shape index (κ3) is 5.16. The molecule has 0 saturated carbocycles. The van der Waals surface area contributed by atoms with Gasteiger partial charge in [-0.1, -0.05) is 82.1 Å². The lowest BCUT2D eigenvalue weighted by Gasteiger charge is -2.39. The molecule has 0 aliphatic rings. The summed E-state index contributed by atoms with van der Waals surface area (Å²) in [5, 5.41) is 16.8. The van der Waals surface area contributed by atoms with E-state index in [1.54, 1.807) is 7.11 Å². The Balaban J connectivity index is 1.85. The lowest BCUT2D eigenvalue weighted by Crippen LogP contribution is -2.38. The van der Waals surface area contributed by atoms with Crippen LogP contribution < -0.4 is 4.74 Å². The number of hydrogen-bond donors (Lipinski definition) is 1. The Bertz CT molecular complexity index is 1580.